The van der Waals surface area contributed by atoms with Crippen LogP contribution in [-0.4, -0.2) is 38.0 Å². The minimum absolute atomic E-state index is 0.0150. The molecule has 2 heterocycles. The first-order chi connectivity index (χ1) is 12.3. The van der Waals surface area contributed by atoms with Gasteiger partial charge in [-0.25, -0.2) is 8.42 Å². The van der Waals surface area contributed by atoms with Crippen LogP contribution in [-0.2, 0) is 27.5 Å². The van der Waals surface area contributed by atoms with Crippen molar-refractivity contribution < 1.29 is 22.4 Å². The predicted octanol–water partition coefficient (Wildman–Crippen LogP) is 2.38. The zero-order chi connectivity index (χ0) is 18.4. The van der Waals surface area contributed by atoms with Crippen LogP contribution in [0.3, 0.4) is 0 Å². The Morgan fingerprint density at radius 3 is 2.88 bits per heavy atom. The SMILES string of the molecule is C[C@@]1(NC(=O)COc2ccc3oc4c(c3c2)CCCC4)CCS(=O)(=O)C1. The Morgan fingerprint density at radius 1 is 1.31 bits per heavy atom. The van der Waals surface area contributed by atoms with E-state index in [4.69, 9.17) is 9.15 Å². The van der Waals surface area contributed by atoms with Crippen molar-refractivity contribution in [3.63, 3.8) is 0 Å². The second-order valence-electron chi connectivity index (χ2n) is 7.61. The molecular formula is C19H23NO5S. The molecule has 1 N–H and O–H groups in total. The summed E-state index contributed by atoms with van der Waals surface area (Å²) in [4.78, 5) is 12.2. The predicted molar refractivity (Wildman–Crippen MR) is 98.2 cm³/mol. The molecule has 26 heavy (non-hydrogen) atoms. The van der Waals surface area contributed by atoms with Crippen molar-refractivity contribution in [1.82, 2.24) is 5.32 Å². The highest BCUT2D eigenvalue weighted by Gasteiger charge is 2.39. The Bertz CT molecular complexity index is 962. The number of hydrogen-bond acceptors (Lipinski definition) is 5. The lowest BCUT2D eigenvalue weighted by atomic mass is 9.96. The molecule has 1 atom stereocenters. The third-order valence-corrected chi connectivity index (χ3v) is 7.14. The van der Waals surface area contributed by atoms with Gasteiger partial charge in [0.1, 0.15) is 17.1 Å². The number of nitrogens with one attached hydrogen (secondary N) is 1. The van der Waals surface area contributed by atoms with E-state index in [1.807, 2.05) is 12.1 Å². The average Bonchev–Trinajstić information content (AvgIpc) is 3.09. The largest absolute Gasteiger partial charge is 0.484 e. The van der Waals surface area contributed by atoms with Gasteiger partial charge in [0.05, 0.1) is 17.0 Å². The van der Waals surface area contributed by atoms with Crippen LogP contribution in [0.15, 0.2) is 22.6 Å². The van der Waals surface area contributed by atoms with Crippen molar-refractivity contribution in [1.29, 1.82) is 0 Å². The van der Waals surface area contributed by atoms with Crippen LogP contribution in [0.2, 0.25) is 0 Å². The summed E-state index contributed by atoms with van der Waals surface area (Å²) in [5, 5.41) is 3.86. The molecule has 2 aliphatic rings. The number of hydrogen-bond donors (Lipinski definition) is 1. The molecule has 140 valence electrons. The van der Waals surface area contributed by atoms with Gasteiger partial charge >= 0.3 is 0 Å². The zero-order valence-electron chi connectivity index (χ0n) is 14.8. The van der Waals surface area contributed by atoms with E-state index in [1.165, 1.54) is 5.56 Å². The van der Waals surface area contributed by atoms with Gasteiger partial charge < -0.3 is 14.5 Å². The molecule has 0 bridgehead atoms. The van der Waals surface area contributed by atoms with Crippen LogP contribution < -0.4 is 10.1 Å². The summed E-state index contributed by atoms with van der Waals surface area (Å²) in [6.45, 7) is 1.63. The average molecular weight is 377 g/mol. The number of rotatable bonds is 4. The normalized spacial score (nSPS) is 24.3. The molecule has 0 saturated carbocycles. The monoisotopic (exact) mass is 377 g/mol. The Labute approximate surface area is 152 Å². The van der Waals surface area contributed by atoms with E-state index < -0.39 is 15.4 Å². The second-order valence-corrected chi connectivity index (χ2v) is 9.79. The maximum atomic E-state index is 12.2. The second kappa shape index (κ2) is 6.30. The van der Waals surface area contributed by atoms with Gasteiger partial charge in [0, 0.05) is 17.4 Å². The molecule has 2 aromatic rings. The summed E-state index contributed by atoms with van der Waals surface area (Å²) in [5.41, 5.74) is 1.41. The lowest BCUT2D eigenvalue weighted by Crippen LogP contribution is -2.48. The maximum absolute atomic E-state index is 12.2. The van der Waals surface area contributed by atoms with E-state index in [0.29, 0.717) is 12.2 Å². The minimum atomic E-state index is -3.06. The van der Waals surface area contributed by atoms with Crippen molar-refractivity contribution in [2.75, 3.05) is 18.1 Å². The van der Waals surface area contributed by atoms with Gasteiger partial charge in [0.25, 0.3) is 5.91 Å². The third-order valence-electron chi connectivity index (χ3n) is 5.24. The number of carbonyl (C=O) groups is 1. The molecule has 1 aliphatic carbocycles. The van der Waals surface area contributed by atoms with Gasteiger partial charge in [-0.05, 0) is 50.8 Å². The molecule has 1 saturated heterocycles. The van der Waals surface area contributed by atoms with Crippen LogP contribution in [0.4, 0.5) is 0 Å². The molecule has 1 aromatic carbocycles. The summed E-state index contributed by atoms with van der Waals surface area (Å²) in [7, 11) is -3.06. The smallest absolute Gasteiger partial charge is 0.258 e. The quantitative estimate of drug-likeness (QED) is 0.884. The fourth-order valence-electron chi connectivity index (χ4n) is 3.96. The van der Waals surface area contributed by atoms with E-state index in [1.54, 1.807) is 13.0 Å². The molecule has 1 amide bonds. The number of aryl methyl sites for hydroxylation is 2. The van der Waals surface area contributed by atoms with Gasteiger partial charge in [0.15, 0.2) is 16.4 Å². The van der Waals surface area contributed by atoms with Crippen molar-refractivity contribution in [3.05, 3.63) is 29.5 Å². The lowest BCUT2D eigenvalue weighted by Gasteiger charge is -2.23. The van der Waals surface area contributed by atoms with Crippen molar-refractivity contribution >= 4 is 26.7 Å². The first-order valence-corrected chi connectivity index (χ1v) is 10.8. The maximum Gasteiger partial charge on any atom is 0.258 e. The molecule has 6 nitrogen and oxygen atoms in total. The van der Waals surface area contributed by atoms with Crippen molar-refractivity contribution in [2.24, 2.45) is 0 Å². The standard InChI is InChI=1S/C19H23NO5S/c1-19(8-9-26(22,23)12-19)20-18(21)11-24-13-6-7-17-15(10-13)14-4-2-3-5-16(14)25-17/h6-7,10H,2-5,8-9,11-12H2,1H3,(H,20,21)/t19-/m1/s1. The van der Waals surface area contributed by atoms with E-state index in [2.05, 4.69) is 5.32 Å². The molecule has 4 rings (SSSR count). The van der Waals surface area contributed by atoms with Crippen LogP contribution in [0, 0.1) is 0 Å². The molecule has 7 heteroatoms. The van der Waals surface area contributed by atoms with E-state index >= 15 is 0 Å². The number of fused-ring (bicyclic) bond motifs is 3. The topological polar surface area (TPSA) is 85.6 Å². The number of carbonyl (C=O) groups excluding carboxylic acids is 1. The Balaban J connectivity index is 1.42. The van der Waals surface area contributed by atoms with Gasteiger partial charge in [-0.15, -0.1) is 0 Å². The van der Waals surface area contributed by atoms with E-state index in [-0.39, 0.29) is 24.0 Å². The van der Waals surface area contributed by atoms with Gasteiger partial charge in [-0.2, -0.15) is 0 Å². The highest BCUT2D eigenvalue weighted by atomic mass is 32.2. The first kappa shape index (κ1) is 17.4. The van der Waals surface area contributed by atoms with Gasteiger partial charge in [-0.1, -0.05) is 0 Å². The molecule has 1 aromatic heterocycles. The van der Waals surface area contributed by atoms with Gasteiger partial charge in [-0.3, -0.25) is 4.79 Å². The number of furan rings is 1. The third kappa shape index (κ3) is 3.45. The molecule has 0 radical (unpaired) electrons. The molecule has 0 unspecified atom stereocenters. The van der Waals surface area contributed by atoms with E-state index in [0.717, 1.165) is 42.4 Å². The number of benzene rings is 1. The Morgan fingerprint density at radius 2 is 2.12 bits per heavy atom. The summed E-state index contributed by atoms with van der Waals surface area (Å²) >= 11 is 0. The molecule has 1 aliphatic heterocycles. The van der Waals surface area contributed by atoms with Crippen LogP contribution in [0.5, 0.6) is 5.75 Å². The zero-order valence-corrected chi connectivity index (χ0v) is 15.7. The van der Waals surface area contributed by atoms with Crippen molar-refractivity contribution in [2.45, 2.75) is 44.6 Å². The fraction of sp³-hybridized carbons (Fsp3) is 0.526. The number of ether oxygens (including phenoxy) is 1. The summed E-state index contributed by atoms with van der Waals surface area (Å²) in [6.07, 6.45) is 4.75. The van der Waals surface area contributed by atoms with Crippen LogP contribution >= 0.6 is 0 Å². The summed E-state index contributed by atoms with van der Waals surface area (Å²) in [6, 6.07) is 5.61. The number of amides is 1. The van der Waals surface area contributed by atoms with Gasteiger partial charge in [0.2, 0.25) is 0 Å². The van der Waals surface area contributed by atoms with Crippen LogP contribution in [0.1, 0.15) is 37.5 Å². The minimum Gasteiger partial charge on any atom is -0.484 e. The summed E-state index contributed by atoms with van der Waals surface area (Å²) < 4.78 is 34.8. The highest BCUT2D eigenvalue weighted by Crippen LogP contribution is 2.34. The molecule has 0 spiro atoms. The van der Waals surface area contributed by atoms with Crippen LogP contribution in [0.25, 0.3) is 11.0 Å². The Kier molecular flexibility index (Phi) is 4.22. The van der Waals surface area contributed by atoms with Crippen molar-refractivity contribution in [3.8, 4) is 5.75 Å². The first-order valence-electron chi connectivity index (χ1n) is 9.02. The van der Waals surface area contributed by atoms with E-state index in [9.17, 15) is 13.2 Å². The summed E-state index contributed by atoms with van der Waals surface area (Å²) in [5.74, 6) is 1.48. The molecule has 1 fully saturated rings. The fourth-order valence-corrected chi connectivity index (χ4v) is 6.06. The highest BCUT2D eigenvalue weighted by molar-refractivity contribution is 7.91. The number of sulfone groups is 1. The Hall–Kier alpha value is -2.02. The lowest BCUT2D eigenvalue weighted by molar-refractivity contribution is -0.124. The molecular weight excluding hydrogens is 354 g/mol.